The van der Waals surface area contributed by atoms with Crippen molar-refractivity contribution in [2.45, 2.75) is 17.5 Å². The molecule has 0 aliphatic rings. The van der Waals surface area contributed by atoms with Gasteiger partial charge in [0.15, 0.2) is 11.0 Å². The summed E-state index contributed by atoms with van der Waals surface area (Å²) in [5.41, 5.74) is 1.42. The minimum absolute atomic E-state index is 0.140. The van der Waals surface area contributed by atoms with E-state index in [4.69, 9.17) is 9.47 Å². The van der Waals surface area contributed by atoms with Gasteiger partial charge >= 0.3 is 0 Å². The van der Waals surface area contributed by atoms with Crippen molar-refractivity contribution >= 4 is 11.8 Å². The van der Waals surface area contributed by atoms with E-state index in [1.807, 2.05) is 24.3 Å². The molecule has 2 aromatic carbocycles. The lowest BCUT2D eigenvalue weighted by molar-refractivity contribution is 0.292. The molecule has 6 nitrogen and oxygen atoms in total. The number of hydrogen-bond acceptors (Lipinski definition) is 6. The molecule has 0 unspecified atom stereocenters. The van der Waals surface area contributed by atoms with E-state index in [9.17, 15) is 4.39 Å². The number of nitrogens with zero attached hydrogens (tertiary/aromatic N) is 4. The zero-order valence-corrected chi connectivity index (χ0v) is 17.1. The van der Waals surface area contributed by atoms with E-state index < -0.39 is 0 Å². The SMILES string of the molecule is COc1ccc(OCc2nnc(SCc3cccnc3)n2-c2ccccc2F)cc1. The first kappa shape index (κ1) is 19.9. The summed E-state index contributed by atoms with van der Waals surface area (Å²) in [4.78, 5) is 4.13. The number of rotatable bonds is 8. The van der Waals surface area contributed by atoms with Crippen molar-refractivity contribution in [3.8, 4) is 17.2 Å². The molecular formula is C22H19FN4O2S. The molecule has 0 fully saturated rings. The van der Waals surface area contributed by atoms with Crippen LogP contribution >= 0.6 is 11.8 Å². The van der Waals surface area contributed by atoms with Gasteiger partial charge in [0.25, 0.3) is 0 Å². The minimum atomic E-state index is -0.355. The van der Waals surface area contributed by atoms with Gasteiger partial charge in [0.1, 0.15) is 23.9 Å². The van der Waals surface area contributed by atoms with Crippen LogP contribution in [-0.2, 0) is 12.4 Å². The van der Waals surface area contributed by atoms with Crippen molar-refractivity contribution in [2.75, 3.05) is 7.11 Å². The zero-order chi connectivity index (χ0) is 20.8. The molecule has 2 aromatic heterocycles. The van der Waals surface area contributed by atoms with Crippen LogP contribution in [0.3, 0.4) is 0 Å². The Bertz CT molecular complexity index is 1100. The summed E-state index contributed by atoms with van der Waals surface area (Å²) < 4.78 is 27.3. The molecule has 4 rings (SSSR count). The van der Waals surface area contributed by atoms with Crippen LogP contribution in [0.2, 0.25) is 0 Å². The minimum Gasteiger partial charge on any atom is -0.497 e. The molecule has 4 aromatic rings. The van der Waals surface area contributed by atoms with Crippen LogP contribution in [0.5, 0.6) is 11.5 Å². The third kappa shape index (κ3) is 4.60. The van der Waals surface area contributed by atoms with E-state index in [2.05, 4.69) is 15.2 Å². The average molecular weight is 422 g/mol. The summed E-state index contributed by atoms with van der Waals surface area (Å²) in [7, 11) is 1.61. The molecule has 0 atom stereocenters. The van der Waals surface area contributed by atoms with Gasteiger partial charge < -0.3 is 9.47 Å². The predicted octanol–water partition coefficient (Wildman–Crippen LogP) is 4.68. The smallest absolute Gasteiger partial charge is 0.196 e. The molecule has 0 aliphatic carbocycles. The normalized spacial score (nSPS) is 10.7. The summed E-state index contributed by atoms with van der Waals surface area (Å²) in [5, 5.41) is 9.11. The van der Waals surface area contributed by atoms with E-state index in [1.54, 1.807) is 54.4 Å². The topological polar surface area (TPSA) is 62.1 Å². The van der Waals surface area contributed by atoms with Gasteiger partial charge in [0.05, 0.1) is 12.8 Å². The fourth-order valence-corrected chi connectivity index (χ4v) is 3.71. The molecule has 0 aliphatic heterocycles. The second kappa shape index (κ2) is 9.41. The standard InChI is InChI=1S/C22H19FN4O2S/c1-28-17-8-10-18(11-9-17)29-14-21-25-26-22(30-15-16-5-4-12-24-13-16)27(21)20-7-3-2-6-19(20)23/h2-13H,14-15H2,1H3. The van der Waals surface area contributed by atoms with E-state index in [1.165, 1.54) is 17.8 Å². The van der Waals surface area contributed by atoms with E-state index in [-0.39, 0.29) is 12.4 Å². The van der Waals surface area contributed by atoms with Crippen molar-refractivity contribution in [3.63, 3.8) is 0 Å². The summed E-state index contributed by atoms with van der Waals surface area (Å²) in [6.45, 7) is 0.140. The molecular weight excluding hydrogens is 403 g/mol. The van der Waals surface area contributed by atoms with Crippen LogP contribution in [0.4, 0.5) is 4.39 Å². The Kier molecular flexibility index (Phi) is 6.24. The van der Waals surface area contributed by atoms with Crippen molar-refractivity contribution < 1.29 is 13.9 Å². The van der Waals surface area contributed by atoms with E-state index >= 15 is 0 Å². The summed E-state index contributed by atoms with van der Waals surface area (Å²) >= 11 is 1.46. The van der Waals surface area contributed by atoms with Crippen LogP contribution in [0.25, 0.3) is 5.69 Å². The predicted molar refractivity (Wildman–Crippen MR) is 112 cm³/mol. The fraction of sp³-hybridized carbons (Fsp3) is 0.136. The molecule has 0 spiro atoms. The van der Waals surface area contributed by atoms with E-state index in [0.29, 0.717) is 28.2 Å². The number of benzene rings is 2. The van der Waals surface area contributed by atoms with Crippen LogP contribution in [0.1, 0.15) is 11.4 Å². The summed E-state index contributed by atoms with van der Waals surface area (Å²) in [5.74, 6) is 2.19. The van der Waals surface area contributed by atoms with Crippen molar-refractivity contribution in [1.82, 2.24) is 19.7 Å². The first-order chi connectivity index (χ1) is 14.7. The Labute approximate surface area is 177 Å². The lowest BCUT2D eigenvalue weighted by Crippen LogP contribution is -2.08. The highest BCUT2D eigenvalue weighted by atomic mass is 32.2. The van der Waals surface area contributed by atoms with Crippen molar-refractivity contribution in [1.29, 1.82) is 0 Å². The van der Waals surface area contributed by atoms with Gasteiger partial charge in [-0.3, -0.25) is 9.55 Å². The van der Waals surface area contributed by atoms with Crippen LogP contribution in [0, 0.1) is 5.82 Å². The lowest BCUT2D eigenvalue weighted by Gasteiger charge is -2.12. The monoisotopic (exact) mass is 422 g/mol. The maximum absolute atomic E-state index is 14.6. The van der Waals surface area contributed by atoms with Crippen LogP contribution < -0.4 is 9.47 Å². The maximum atomic E-state index is 14.6. The highest BCUT2D eigenvalue weighted by molar-refractivity contribution is 7.98. The van der Waals surface area contributed by atoms with Crippen LogP contribution in [-0.4, -0.2) is 26.9 Å². The number of pyridine rings is 1. The van der Waals surface area contributed by atoms with Crippen molar-refractivity contribution in [2.24, 2.45) is 0 Å². The maximum Gasteiger partial charge on any atom is 0.196 e. The quantitative estimate of drug-likeness (QED) is 0.384. The largest absolute Gasteiger partial charge is 0.497 e. The summed E-state index contributed by atoms with van der Waals surface area (Å²) in [6, 6.07) is 17.6. The zero-order valence-electron chi connectivity index (χ0n) is 16.2. The van der Waals surface area contributed by atoms with Gasteiger partial charge in [-0.15, -0.1) is 10.2 Å². The second-order valence-electron chi connectivity index (χ2n) is 6.30. The van der Waals surface area contributed by atoms with Gasteiger partial charge in [-0.25, -0.2) is 4.39 Å². The molecule has 0 amide bonds. The first-order valence-corrected chi connectivity index (χ1v) is 10.2. The molecule has 0 radical (unpaired) electrons. The molecule has 0 bridgehead atoms. The third-order valence-corrected chi connectivity index (χ3v) is 5.31. The number of methoxy groups -OCH3 is 1. The molecule has 8 heteroatoms. The number of thioether (sulfide) groups is 1. The van der Waals surface area contributed by atoms with Gasteiger partial charge in [-0.1, -0.05) is 30.0 Å². The highest BCUT2D eigenvalue weighted by Gasteiger charge is 2.18. The Hall–Kier alpha value is -3.39. The number of halogens is 1. The Morgan fingerprint density at radius 3 is 2.50 bits per heavy atom. The van der Waals surface area contributed by atoms with Gasteiger partial charge in [0.2, 0.25) is 0 Å². The number of aromatic nitrogens is 4. The number of ether oxygens (including phenoxy) is 2. The third-order valence-electron chi connectivity index (χ3n) is 4.31. The van der Waals surface area contributed by atoms with Crippen molar-refractivity contribution in [3.05, 3.63) is 90.3 Å². The molecule has 152 valence electrons. The highest BCUT2D eigenvalue weighted by Crippen LogP contribution is 2.27. The first-order valence-electron chi connectivity index (χ1n) is 9.22. The summed E-state index contributed by atoms with van der Waals surface area (Å²) in [6.07, 6.45) is 3.52. The van der Waals surface area contributed by atoms with Crippen LogP contribution in [0.15, 0.2) is 78.2 Å². The Morgan fingerprint density at radius 1 is 0.967 bits per heavy atom. The average Bonchev–Trinajstić information content (AvgIpc) is 3.20. The number of hydrogen-bond donors (Lipinski definition) is 0. The van der Waals surface area contributed by atoms with Gasteiger partial charge in [-0.05, 0) is 48.0 Å². The molecule has 0 saturated carbocycles. The molecule has 30 heavy (non-hydrogen) atoms. The Morgan fingerprint density at radius 2 is 1.77 bits per heavy atom. The Balaban J connectivity index is 1.59. The second-order valence-corrected chi connectivity index (χ2v) is 7.24. The fourth-order valence-electron chi connectivity index (χ4n) is 2.81. The molecule has 0 saturated heterocycles. The number of para-hydroxylation sites is 1. The van der Waals surface area contributed by atoms with Gasteiger partial charge in [-0.2, -0.15) is 0 Å². The van der Waals surface area contributed by atoms with Gasteiger partial charge in [0, 0.05) is 18.1 Å². The molecule has 0 N–H and O–H groups in total. The molecule has 2 heterocycles. The van der Waals surface area contributed by atoms with E-state index in [0.717, 1.165) is 11.3 Å². The lowest BCUT2D eigenvalue weighted by atomic mass is 10.3.